The van der Waals surface area contributed by atoms with Crippen molar-refractivity contribution in [2.45, 2.75) is 32.0 Å². The largest absolute Gasteiger partial charge is 0.384 e. The topological polar surface area (TPSA) is 38.7 Å². The third-order valence-corrected chi connectivity index (χ3v) is 3.75. The third kappa shape index (κ3) is 4.11. The second-order valence-electron chi connectivity index (χ2n) is 4.22. The van der Waals surface area contributed by atoms with Crippen molar-refractivity contribution in [2.24, 2.45) is 0 Å². The summed E-state index contributed by atoms with van der Waals surface area (Å²) in [5, 5.41) is 10.7. The predicted molar refractivity (Wildman–Crippen MR) is 71.5 cm³/mol. The fourth-order valence-electron chi connectivity index (χ4n) is 1.92. The summed E-state index contributed by atoms with van der Waals surface area (Å²) in [6, 6.07) is 1.96. The number of aliphatic hydroxyl groups excluding tert-OH is 1. The van der Waals surface area contributed by atoms with Crippen LogP contribution < -0.4 is 0 Å². The predicted octanol–water partition coefficient (Wildman–Crippen LogP) is 2.18. The van der Waals surface area contributed by atoms with Gasteiger partial charge in [0.05, 0.1) is 19.3 Å². The lowest BCUT2D eigenvalue weighted by Gasteiger charge is -2.22. The smallest absolute Gasteiger partial charge is 0.104 e. The molecule has 3 nitrogen and oxygen atoms in total. The maximum atomic E-state index is 8.68. The Labute approximate surface area is 112 Å². The van der Waals surface area contributed by atoms with E-state index >= 15 is 0 Å². The molecule has 0 radical (unpaired) electrons. The molecule has 1 aromatic rings. The zero-order chi connectivity index (χ0) is 12.6. The normalized spacial score (nSPS) is 19.3. The number of aliphatic hydroxyl groups is 1. The van der Waals surface area contributed by atoms with Gasteiger partial charge in [0.25, 0.3) is 0 Å². The minimum Gasteiger partial charge on any atom is -0.384 e. The first-order chi connectivity index (χ1) is 8.90. The van der Waals surface area contributed by atoms with Crippen LogP contribution in [0.1, 0.15) is 29.7 Å². The lowest BCUT2D eigenvalue weighted by Crippen LogP contribution is -2.24. The molecular weight excluding hydrogens is 248 g/mol. The number of thiophene rings is 1. The standard InChI is InChI=1S/C14H18O3S/c15-7-3-4-12-6-9-18-14(12)11-16-10-13-5-1-2-8-17-13/h6,9,13,15H,1-2,5,7-8,10-11H2. The van der Waals surface area contributed by atoms with Crippen molar-refractivity contribution >= 4 is 11.3 Å². The number of hydrogen-bond acceptors (Lipinski definition) is 4. The Morgan fingerprint density at radius 2 is 2.44 bits per heavy atom. The Kier molecular flexibility index (Phi) is 5.69. The van der Waals surface area contributed by atoms with E-state index in [0.717, 1.165) is 23.5 Å². The molecule has 1 unspecified atom stereocenters. The Hall–Kier alpha value is -0.860. The summed E-state index contributed by atoms with van der Waals surface area (Å²) in [6.45, 7) is 1.99. The lowest BCUT2D eigenvalue weighted by molar-refractivity contribution is -0.0443. The van der Waals surface area contributed by atoms with Crippen LogP contribution in [0.4, 0.5) is 0 Å². The Morgan fingerprint density at radius 3 is 3.22 bits per heavy atom. The van der Waals surface area contributed by atoms with Crippen LogP contribution in [-0.4, -0.2) is 31.0 Å². The summed E-state index contributed by atoms with van der Waals surface area (Å²) in [5.74, 6) is 5.59. The highest BCUT2D eigenvalue weighted by molar-refractivity contribution is 7.10. The van der Waals surface area contributed by atoms with Crippen LogP contribution in [0.2, 0.25) is 0 Å². The van der Waals surface area contributed by atoms with Crippen molar-refractivity contribution in [2.75, 3.05) is 19.8 Å². The van der Waals surface area contributed by atoms with Gasteiger partial charge < -0.3 is 14.6 Å². The van der Waals surface area contributed by atoms with E-state index in [1.807, 2.05) is 11.4 Å². The van der Waals surface area contributed by atoms with Crippen LogP contribution in [0, 0.1) is 11.8 Å². The molecular formula is C14H18O3S. The monoisotopic (exact) mass is 266 g/mol. The molecule has 1 aromatic heterocycles. The van der Waals surface area contributed by atoms with Gasteiger partial charge in [-0.1, -0.05) is 11.8 Å². The molecule has 2 heterocycles. The number of ether oxygens (including phenoxy) is 2. The van der Waals surface area contributed by atoms with E-state index in [9.17, 15) is 0 Å². The first-order valence-corrected chi connectivity index (χ1v) is 7.13. The van der Waals surface area contributed by atoms with Crippen molar-refractivity contribution in [1.82, 2.24) is 0 Å². The highest BCUT2D eigenvalue weighted by Crippen LogP contribution is 2.18. The second kappa shape index (κ2) is 7.55. The highest BCUT2D eigenvalue weighted by atomic mass is 32.1. The molecule has 0 amide bonds. The molecule has 98 valence electrons. The number of hydrogen-bond donors (Lipinski definition) is 1. The molecule has 0 saturated carbocycles. The van der Waals surface area contributed by atoms with Crippen molar-refractivity contribution in [1.29, 1.82) is 0 Å². The van der Waals surface area contributed by atoms with Gasteiger partial charge in [-0.05, 0) is 30.7 Å². The van der Waals surface area contributed by atoms with E-state index < -0.39 is 0 Å². The average molecular weight is 266 g/mol. The molecule has 0 bridgehead atoms. The zero-order valence-electron chi connectivity index (χ0n) is 10.4. The molecule has 2 rings (SSSR count). The van der Waals surface area contributed by atoms with E-state index in [2.05, 4.69) is 11.8 Å². The molecule has 0 aromatic carbocycles. The molecule has 4 heteroatoms. The number of rotatable bonds is 4. The summed E-state index contributed by atoms with van der Waals surface area (Å²) in [7, 11) is 0. The summed E-state index contributed by atoms with van der Waals surface area (Å²) >= 11 is 1.64. The van der Waals surface area contributed by atoms with Crippen LogP contribution in [0.25, 0.3) is 0 Å². The van der Waals surface area contributed by atoms with E-state index in [0.29, 0.717) is 13.2 Å². The molecule has 0 aliphatic carbocycles. The summed E-state index contributed by atoms with van der Waals surface area (Å²) in [4.78, 5) is 1.12. The molecule has 1 N–H and O–H groups in total. The molecule has 1 aliphatic rings. The first kappa shape index (κ1) is 13.6. The lowest BCUT2D eigenvalue weighted by atomic mass is 10.1. The van der Waals surface area contributed by atoms with Gasteiger partial charge in [-0.3, -0.25) is 0 Å². The summed E-state index contributed by atoms with van der Waals surface area (Å²) in [6.07, 6.45) is 3.76. The summed E-state index contributed by atoms with van der Waals surface area (Å²) < 4.78 is 11.3. The quantitative estimate of drug-likeness (QED) is 0.849. The first-order valence-electron chi connectivity index (χ1n) is 6.25. The van der Waals surface area contributed by atoms with E-state index in [1.165, 1.54) is 12.8 Å². The Bertz CT molecular complexity index is 410. The molecule has 1 atom stereocenters. The van der Waals surface area contributed by atoms with E-state index in [1.54, 1.807) is 11.3 Å². The fraction of sp³-hybridized carbons (Fsp3) is 0.571. The fourth-order valence-corrected chi connectivity index (χ4v) is 2.69. The van der Waals surface area contributed by atoms with Crippen LogP contribution >= 0.6 is 11.3 Å². The van der Waals surface area contributed by atoms with Gasteiger partial charge in [0.2, 0.25) is 0 Å². The molecule has 1 aliphatic heterocycles. The molecule has 1 saturated heterocycles. The van der Waals surface area contributed by atoms with E-state index in [-0.39, 0.29) is 12.7 Å². The highest BCUT2D eigenvalue weighted by Gasteiger charge is 2.14. The molecule has 18 heavy (non-hydrogen) atoms. The van der Waals surface area contributed by atoms with E-state index in [4.69, 9.17) is 14.6 Å². The van der Waals surface area contributed by atoms with Gasteiger partial charge in [-0.2, -0.15) is 0 Å². The van der Waals surface area contributed by atoms with Gasteiger partial charge in [0.1, 0.15) is 6.61 Å². The van der Waals surface area contributed by atoms with Gasteiger partial charge in [0.15, 0.2) is 0 Å². The van der Waals surface area contributed by atoms with Crippen molar-refractivity contribution in [3.63, 3.8) is 0 Å². The minimum absolute atomic E-state index is 0.105. The Balaban J connectivity index is 1.77. The van der Waals surface area contributed by atoms with Gasteiger partial charge in [-0.15, -0.1) is 11.3 Å². The van der Waals surface area contributed by atoms with Crippen LogP contribution in [0.5, 0.6) is 0 Å². The minimum atomic E-state index is -0.105. The third-order valence-electron chi connectivity index (χ3n) is 2.86. The van der Waals surface area contributed by atoms with Crippen LogP contribution in [-0.2, 0) is 16.1 Å². The maximum absolute atomic E-state index is 8.68. The van der Waals surface area contributed by atoms with Gasteiger partial charge in [0, 0.05) is 17.0 Å². The van der Waals surface area contributed by atoms with Gasteiger partial charge in [-0.25, -0.2) is 0 Å². The zero-order valence-corrected chi connectivity index (χ0v) is 11.2. The molecule has 1 fully saturated rings. The van der Waals surface area contributed by atoms with Crippen LogP contribution in [0.15, 0.2) is 11.4 Å². The van der Waals surface area contributed by atoms with Crippen molar-refractivity contribution < 1.29 is 14.6 Å². The maximum Gasteiger partial charge on any atom is 0.104 e. The van der Waals surface area contributed by atoms with Crippen LogP contribution in [0.3, 0.4) is 0 Å². The molecule has 0 spiro atoms. The summed E-state index contributed by atoms with van der Waals surface area (Å²) in [5.41, 5.74) is 0.957. The SMILES string of the molecule is OCC#Cc1ccsc1COCC1CCCCO1. The second-order valence-corrected chi connectivity index (χ2v) is 5.22. The van der Waals surface area contributed by atoms with Crippen molar-refractivity contribution in [3.8, 4) is 11.8 Å². The van der Waals surface area contributed by atoms with Crippen molar-refractivity contribution in [3.05, 3.63) is 21.9 Å². The average Bonchev–Trinajstić information content (AvgIpc) is 2.85. The van der Waals surface area contributed by atoms with Gasteiger partial charge >= 0.3 is 0 Å². The Morgan fingerprint density at radius 1 is 1.50 bits per heavy atom.